The minimum atomic E-state index is 0.160. The average molecular weight is 412 g/mol. The number of benzene rings is 3. The summed E-state index contributed by atoms with van der Waals surface area (Å²) in [5.41, 5.74) is 6.86. The molecule has 0 unspecified atom stereocenters. The van der Waals surface area contributed by atoms with Crippen LogP contribution in [0.3, 0.4) is 0 Å². The summed E-state index contributed by atoms with van der Waals surface area (Å²) in [5, 5.41) is 21.9. The van der Waals surface area contributed by atoms with E-state index in [2.05, 4.69) is 48.4 Å². The molecule has 1 aliphatic heterocycles. The van der Waals surface area contributed by atoms with Crippen molar-refractivity contribution >= 4 is 5.69 Å². The van der Waals surface area contributed by atoms with Gasteiger partial charge in [0.1, 0.15) is 11.5 Å². The largest absolute Gasteiger partial charge is 0.507 e. The van der Waals surface area contributed by atoms with Crippen LogP contribution in [0.4, 0.5) is 5.69 Å². The van der Waals surface area contributed by atoms with E-state index in [-0.39, 0.29) is 11.5 Å². The molecule has 0 saturated heterocycles. The van der Waals surface area contributed by atoms with E-state index < -0.39 is 0 Å². The summed E-state index contributed by atoms with van der Waals surface area (Å²) in [7, 11) is 0. The SMILES string of the molecule is C=CCc1ccc(O)c(-c2cc(CC=C)cc(CN3CCCc4ccccc43)c2O)c1. The van der Waals surface area contributed by atoms with Gasteiger partial charge >= 0.3 is 0 Å². The Kier molecular flexibility index (Phi) is 6.13. The Morgan fingerprint density at radius 1 is 0.871 bits per heavy atom. The van der Waals surface area contributed by atoms with Crippen molar-refractivity contribution in [3.05, 3.63) is 102 Å². The first-order chi connectivity index (χ1) is 15.1. The lowest BCUT2D eigenvalue weighted by atomic mass is 9.93. The van der Waals surface area contributed by atoms with Gasteiger partial charge in [0.25, 0.3) is 0 Å². The highest BCUT2D eigenvalue weighted by Gasteiger charge is 2.20. The number of allylic oxidation sites excluding steroid dienone is 2. The fourth-order valence-electron chi connectivity index (χ4n) is 4.44. The Bertz CT molecular complexity index is 1120. The number of hydrogen-bond donors (Lipinski definition) is 2. The number of hydrogen-bond acceptors (Lipinski definition) is 3. The molecule has 3 nitrogen and oxygen atoms in total. The van der Waals surface area contributed by atoms with Gasteiger partial charge in [-0.15, -0.1) is 13.2 Å². The van der Waals surface area contributed by atoms with E-state index in [0.29, 0.717) is 30.5 Å². The van der Waals surface area contributed by atoms with Gasteiger partial charge in [-0.05, 0) is 72.7 Å². The zero-order valence-corrected chi connectivity index (χ0v) is 17.8. The Labute approximate surface area is 184 Å². The van der Waals surface area contributed by atoms with Crippen LogP contribution in [0.1, 0.15) is 28.7 Å². The normalized spacial score (nSPS) is 13.0. The second-order valence-electron chi connectivity index (χ2n) is 8.14. The van der Waals surface area contributed by atoms with E-state index in [4.69, 9.17) is 0 Å². The molecule has 31 heavy (non-hydrogen) atoms. The van der Waals surface area contributed by atoms with E-state index in [1.54, 1.807) is 6.07 Å². The van der Waals surface area contributed by atoms with Gasteiger partial charge in [-0.25, -0.2) is 0 Å². The molecule has 3 heteroatoms. The summed E-state index contributed by atoms with van der Waals surface area (Å²) >= 11 is 0. The molecule has 0 atom stereocenters. The van der Waals surface area contributed by atoms with Crippen LogP contribution in [0.15, 0.2) is 79.9 Å². The van der Waals surface area contributed by atoms with E-state index in [0.717, 1.165) is 36.1 Å². The highest BCUT2D eigenvalue weighted by atomic mass is 16.3. The summed E-state index contributed by atoms with van der Waals surface area (Å²) in [6.45, 7) is 9.26. The average Bonchev–Trinajstić information content (AvgIpc) is 2.78. The van der Waals surface area contributed by atoms with E-state index in [9.17, 15) is 10.2 Å². The third-order valence-corrected chi connectivity index (χ3v) is 5.93. The molecule has 0 fully saturated rings. The number of phenols is 2. The van der Waals surface area contributed by atoms with E-state index >= 15 is 0 Å². The fourth-order valence-corrected chi connectivity index (χ4v) is 4.44. The molecule has 158 valence electrons. The molecular formula is C28H29NO2. The maximum atomic E-state index is 11.3. The Balaban J connectivity index is 1.78. The smallest absolute Gasteiger partial charge is 0.128 e. The minimum absolute atomic E-state index is 0.160. The number of aryl methyl sites for hydroxylation is 1. The van der Waals surface area contributed by atoms with Gasteiger partial charge in [0.15, 0.2) is 0 Å². The topological polar surface area (TPSA) is 43.7 Å². The quantitative estimate of drug-likeness (QED) is 0.457. The molecule has 0 spiro atoms. The monoisotopic (exact) mass is 411 g/mol. The first-order valence-corrected chi connectivity index (χ1v) is 10.8. The maximum absolute atomic E-state index is 11.3. The molecule has 0 aliphatic carbocycles. The molecule has 1 aliphatic rings. The van der Waals surface area contributed by atoms with Crippen molar-refractivity contribution in [1.82, 2.24) is 0 Å². The molecule has 0 radical (unpaired) electrons. The summed E-state index contributed by atoms with van der Waals surface area (Å²) < 4.78 is 0. The number of anilines is 1. The molecule has 3 aromatic rings. The third-order valence-electron chi connectivity index (χ3n) is 5.93. The number of para-hydroxylation sites is 1. The van der Waals surface area contributed by atoms with Crippen LogP contribution in [-0.2, 0) is 25.8 Å². The molecule has 2 N–H and O–H groups in total. The standard InChI is InChI=1S/C28H29NO2/c1-3-8-20-13-14-27(30)24(17-20)25-18-21(9-4-2)16-23(28(25)31)19-29-15-7-11-22-10-5-6-12-26(22)29/h3-6,10,12-14,16-18,30-31H,1-2,7-9,11,15,19H2. The summed E-state index contributed by atoms with van der Waals surface area (Å²) in [4.78, 5) is 2.34. The van der Waals surface area contributed by atoms with Gasteiger partial charge in [-0.1, -0.05) is 36.4 Å². The lowest BCUT2D eigenvalue weighted by Gasteiger charge is -2.32. The molecule has 0 bridgehead atoms. The molecule has 0 aromatic heterocycles. The van der Waals surface area contributed by atoms with Crippen LogP contribution in [-0.4, -0.2) is 16.8 Å². The van der Waals surface area contributed by atoms with Gasteiger partial charge in [0.05, 0.1) is 0 Å². The number of phenolic OH excluding ortho intramolecular Hbond substituents is 2. The van der Waals surface area contributed by atoms with Crippen molar-refractivity contribution in [2.75, 3.05) is 11.4 Å². The predicted molar refractivity (Wildman–Crippen MR) is 129 cm³/mol. The number of fused-ring (bicyclic) bond motifs is 1. The van der Waals surface area contributed by atoms with Gasteiger partial charge in [-0.2, -0.15) is 0 Å². The lowest BCUT2D eigenvalue weighted by Crippen LogP contribution is -2.28. The van der Waals surface area contributed by atoms with Gasteiger partial charge in [0.2, 0.25) is 0 Å². The second kappa shape index (κ2) is 9.13. The molecule has 3 aromatic carbocycles. The molecular weight excluding hydrogens is 382 g/mol. The van der Waals surface area contributed by atoms with Crippen LogP contribution in [0.2, 0.25) is 0 Å². The van der Waals surface area contributed by atoms with Crippen LogP contribution < -0.4 is 4.90 Å². The van der Waals surface area contributed by atoms with Crippen molar-refractivity contribution in [3.8, 4) is 22.6 Å². The van der Waals surface area contributed by atoms with Crippen molar-refractivity contribution in [1.29, 1.82) is 0 Å². The predicted octanol–water partition coefficient (Wildman–Crippen LogP) is 6.17. The summed E-state index contributed by atoms with van der Waals surface area (Å²) in [5.74, 6) is 0.384. The Morgan fingerprint density at radius 2 is 1.61 bits per heavy atom. The van der Waals surface area contributed by atoms with Crippen molar-refractivity contribution in [2.45, 2.75) is 32.2 Å². The summed E-state index contributed by atoms with van der Waals surface area (Å²) in [6.07, 6.45) is 7.29. The van der Waals surface area contributed by atoms with Crippen molar-refractivity contribution in [2.24, 2.45) is 0 Å². The van der Waals surface area contributed by atoms with Crippen LogP contribution in [0.25, 0.3) is 11.1 Å². The van der Waals surface area contributed by atoms with E-state index in [1.807, 2.05) is 30.4 Å². The minimum Gasteiger partial charge on any atom is -0.507 e. The highest BCUT2D eigenvalue weighted by Crippen LogP contribution is 2.40. The maximum Gasteiger partial charge on any atom is 0.128 e. The first-order valence-electron chi connectivity index (χ1n) is 10.8. The zero-order chi connectivity index (χ0) is 21.8. The zero-order valence-electron chi connectivity index (χ0n) is 17.8. The Morgan fingerprint density at radius 3 is 2.42 bits per heavy atom. The van der Waals surface area contributed by atoms with Crippen molar-refractivity contribution < 1.29 is 10.2 Å². The van der Waals surface area contributed by atoms with Crippen LogP contribution in [0.5, 0.6) is 11.5 Å². The molecule has 0 amide bonds. The van der Waals surface area contributed by atoms with Gasteiger partial charge in [0, 0.05) is 35.5 Å². The summed E-state index contributed by atoms with van der Waals surface area (Å²) in [6, 6.07) is 18.0. The lowest BCUT2D eigenvalue weighted by molar-refractivity contribution is 0.463. The number of aromatic hydroxyl groups is 2. The third kappa shape index (κ3) is 4.36. The van der Waals surface area contributed by atoms with Crippen LogP contribution in [0, 0.1) is 0 Å². The van der Waals surface area contributed by atoms with E-state index in [1.165, 1.54) is 11.3 Å². The highest BCUT2D eigenvalue weighted by molar-refractivity contribution is 5.78. The second-order valence-corrected chi connectivity index (χ2v) is 8.14. The Hall–Kier alpha value is -3.46. The van der Waals surface area contributed by atoms with Gasteiger partial charge < -0.3 is 15.1 Å². The van der Waals surface area contributed by atoms with Gasteiger partial charge in [-0.3, -0.25) is 0 Å². The first kappa shape index (κ1) is 20.8. The van der Waals surface area contributed by atoms with Crippen LogP contribution >= 0.6 is 0 Å². The molecule has 0 saturated carbocycles. The molecule has 1 heterocycles. The molecule has 4 rings (SSSR count). The number of nitrogens with zero attached hydrogens (tertiary/aromatic N) is 1. The van der Waals surface area contributed by atoms with Crippen molar-refractivity contribution in [3.63, 3.8) is 0 Å². The number of rotatable bonds is 7. The fraction of sp³-hybridized carbons (Fsp3) is 0.214.